The molecule has 0 fully saturated rings. The molecule has 1 aromatic heterocycles. The fourth-order valence-corrected chi connectivity index (χ4v) is 2.64. The van der Waals surface area contributed by atoms with Crippen LogP contribution in [0.15, 0.2) is 30.7 Å². The topological polar surface area (TPSA) is 32.3 Å². The lowest BCUT2D eigenvalue weighted by atomic mass is 10.1. The highest BCUT2D eigenvalue weighted by Gasteiger charge is 2.33. The lowest BCUT2D eigenvalue weighted by Crippen LogP contribution is -2.36. The summed E-state index contributed by atoms with van der Waals surface area (Å²) in [5, 5.41) is 0. The minimum atomic E-state index is 0.243. The molecule has 4 nitrogen and oxygen atoms in total. The second-order valence-electron chi connectivity index (χ2n) is 5.06. The SMILES string of the molecule is Cc1cccc(N2c3cncnc3N(C)[C@@H]2C)c1C. The van der Waals surface area contributed by atoms with Crippen molar-refractivity contribution in [2.24, 2.45) is 0 Å². The fourth-order valence-electron chi connectivity index (χ4n) is 2.64. The Morgan fingerprint density at radius 3 is 2.74 bits per heavy atom. The van der Waals surface area contributed by atoms with Gasteiger partial charge in [-0.3, -0.25) is 0 Å². The van der Waals surface area contributed by atoms with Gasteiger partial charge in [-0.25, -0.2) is 9.97 Å². The number of fused-ring (bicyclic) bond motifs is 1. The van der Waals surface area contributed by atoms with Crippen molar-refractivity contribution in [2.75, 3.05) is 16.8 Å². The molecule has 0 N–H and O–H groups in total. The van der Waals surface area contributed by atoms with E-state index in [1.54, 1.807) is 6.33 Å². The standard InChI is InChI=1S/C15H18N4/c1-10-6-5-7-13(11(10)2)19-12(3)18(4)15-14(19)8-16-9-17-15/h5-9,12H,1-4H3/t12-/m0/s1. The Hall–Kier alpha value is -2.10. The van der Waals surface area contributed by atoms with Crippen LogP contribution in [-0.2, 0) is 0 Å². The zero-order valence-electron chi connectivity index (χ0n) is 11.8. The molecule has 1 aromatic carbocycles. The maximum atomic E-state index is 4.39. The smallest absolute Gasteiger partial charge is 0.157 e. The van der Waals surface area contributed by atoms with Crippen molar-refractivity contribution < 1.29 is 0 Å². The van der Waals surface area contributed by atoms with Gasteiger partial charge in [0.1, 0.15) is 18.2 Å². The summed E-state index contributed by atoms with van der Waals surface area (Å²) in [5.41, 5.74) is 4.91. The van der Waals surface area contributed by atoms with Gasteiger partial charge in [0.15, 0.2) is 5.82 Å². The largest absolute Gasteiger partial charge is 0.337 e. The highest BCUT2D eigenvalue weighted by Crippen LogP contribution is 2.42. The number of hydrogen-bond donors (Lipinski definition) is 0. The molecular formula is C15H18N4. The van der Waals surface area contributed by atoms with Gasteiger partial charge in [-0.15, -0.1) is 0 Å². The van der Waals surface area contributed by atoms with Crippen molar-refractivity contribution in [1.82, 2.24) is 9.97 Å². The number of anilines is 3. The first kappa shape index (κ1) is 12.0. The summed E-state index contributed by atoms with van der Waals surface area (Å²) in [5.74, 6) is 0.989. The minimum absolute atomic E-state index is 0.243. The summed E-state index contributed by atoms with van der Waals surface area (Å²) >= 11 is 0. The molecule has 4 heteroatoms. The van der Waals surface area contributed by atoms with Gasteiger partial charge in [-0.2, -0.15) is 0 Å². The van der Waals surface area contributed by atoms with Crippen LogP contribution in [0.3, 0.4) is 0 Å². The van der Waals surface area contributed by atoms with Gasteiger partial charge < -0.3 is 9.80 Å². The number of benzene rings is 1. The maximum Gasteiger partial charge on any atom is 0.157 e. The third kappa shape index (κ3) is 1.67. The van der Waals surface area contributed by atoms with Crippen molar-refractivity contribution in [3.05, 3.63) is 41.9 Å². The lowest BCUT2D eigenvalue weighted by Gasteiger charge is -2.28. The van der Waals surface area contributed by atoms with Crippen molar-refractivity contribution in [3.63, 3.8) is 0 Å². The predicted molar refractivity (Wildman–Crippen MR) is 78.0 cm³/mol. The van der Waals surface area contributed by atoms with Crippen LogP contribution in [0.25, 0.3) is 0 Å². The maximum absolute atomic E-state index is 4.39. The molecule has 2 aromatic rings. The van der Waals surface area contributed by atoms with E-state index in [1.165, 1.54) is 16.8 Å². The number of aromatic nitrogens is 2. The van der Waals surface area contributed by atoms with Crippen LogP contribution in [0.5, 0.6) is 0 Å². The Labute approximate surface area is 113 Å². The summed E-state index contributed by atoms with van der Waals surface area (Å²) < 4.78 is 0. The van der Waals surface area contributed by atoms with Gasteiger partial charge in [0.05, 0.1) is 6.20 Å². The molecule has 0 bridgehead atoms. The monoisotopic (exact) mass is 254 g/mol. The molecule has 98 valence electrons. The third-order valence-corrected chi connectivity index (χ3v) is 4.04. The zero-order chi connectivity index (χ0) is 13.6. The summed E-state index contributed by atoms with van der Waals surface area (Å²) in [6.07, 6.45) is 3.74. The molecule has 0 aliphatic carbocycles. The van der Waals surface area contributed by atoms with Crippen molar-refractivity contribution >= 4 is 17.2 Å². The van der Waals surface area contributed by atoms with E-state index in [1.807, 2.05) is 6.20 Å². The Morgan fingerprint density at radius 2 is 1.95 bits per heavy atom. The first-order valence-corrected chi connectivity index (χ1v) is 6.49. The number of nitrogens with zero attached hydrogens (tertiary/aromatic N) is 4. The van der Waals surface area contributed by atoms with Crippen LogP contribution in [-0.4, -0.2) is 23.2 Å². The van der Waals surface area contributed by atoms with Gasteiger partial charge in [0, 0.05) is 12.7 Å². The summed E-state index contributed by atoms with van der Waals surface area (Å²) in [6, 6.07) is 6.41. The Bertz CT molecular complexity index is 623. The van der Waals surface area contributed by atoms with Crippen LogP contribution in [0, 0.1) is 13.8 Å². The first-order valence-electron chi connectivity index (χ1n) is 6.49. The molecule has 1 aliphatic heterocycles. The minimum Gasteiger partial charge on any atom is -0.337 e. The van der Waals surface area contributed by atoms with Gasteiger partial charge in [-0.1, -0.05) is 12.1 Å². The van der Waals surface area contributed by atoms with Crippen LogP contribution in [0.1, 0.15) is 18.1 Å². The molecule has 0 amide bonds. The van der Waals surface area contributed by atoms with E-state index in [2.05, 4.69) is 65.8 Å². The van der Waals surface area contributed by atoms with Gasteiger partial charge >= 0.3 is 0 Å². The normalized spacial score (nSPS) is 17.8. The molecule has 2 heterocycles. The fraction of sp³-hybridized carbons (Fsp3) is 0.333. The molecule has 0 spiro atoms. The summed E-state index contributed by atoms with van der Waals surface area (Å²) in [4.78, 5) is 13.0. The Kier molecular flexibility index (Phi) is 2.66. The summed E-state index contributed by atoms with van der Waals surface area (Å²) in [7, 11) is 2.07. The average molecular weight is 254 g/mol. The second kappa shape index (κ2) is 4.23. The average Bonchev–Trinajstić information content (AvgIpc) is 2.67. The molecule has 0 unspecified atom stereocenters. The van der Waals surface area contributed by atoms with E-state index in [0.29, 0.717) is 0 Å². The van der Waals surface area contributed by atoms with E-state index in [4.69, 9.17) is 0 Å². The van der Waals surface area contributed by atoms with Crippen LogP contribution < -0.4 is 9.80 Å². The number of rotatable bonds is 1. The molecule has 19 heavy (non-hydrogen) atoms. The second-order valence-corrected chi connectivity index (χ2v) is 5.06. The summed E-state index contributed by atoms with van der Waals surface area (Å²) in [6.45, 7) is 6.49. The van der Waals surface area contributed by atoms with E-state index in [-0.39, 0.29) is 6.17 Å². The van der Waals surface area contributed by atoms with Gasteiger partial charge in [-0.05, 0) is 38.0 Å². The first-order chi connectivity index (χ1) is 9.11. The van der Waals surface area contributed by atoms with E-state index in [9.17, 15) is 0 Å². The predicted octanol–water partition coefficient (Wildman–Crippen LogP) is 3.03. The zero-order valence-corrected chi connectivity index (χ0v) is 11.8. The van der Waals surface area contributed by atoms with E-state index < -0.39 is 0 Å². The quantitative estimate of drug-likeness (QED) is 0.783. The lowest BCUT2D eigenvalue weighted by molar-refractivity contribution is 0.728. The third-order valence-electron chi connectivity index (χ3n) is 4.04. The van der Waals surface area contributed by atoms with Crippen molar-refractivity contribution in [1.29, 1.82) is 0 Å². The molecule has 0 saturated carbocycles. The number of aryl methyl sites for hydroxylation is 1. The van der Waals surface area contributed by atoms with E-state index in [0.717, 1.165) is 11.5 Å². The van der Waals surface area contributed by atoms with Crippen LogP contribution in [0.2, 0.25) is 0 Å². The van der Waals surface area contributed by atoms with Crippen molar-refractivity contribution in [2.45, 2.75) is 26.9 Å². The highest BCUT2D eigenvalue weighted by molar-refractivity contribution is 5.81. The molecule has 3 rings (SSSR count). The van der Waals surface area contributed by atoms with Gasteiger partial charge in [0.25, 0.3) is 0 Å². The van der Waals surface area contributed by atoms with Crippen LogP contribution in [0.4, 0.5) is 17.2 Å². The molecule has 1 aliphatic rings. The molecular weight excluding hydrogens is 236 g/mol. The Balaban J connectivity index is 2.18. The Morgan fingerprint density at radius 1 is 1.16 bits per heavy atom. The highest BCUT2D eigenvalue weighted by atomic mass is 15.4. The van der Waals surface area contributed by atoms with Gasteiger partial charge in [0.2, 0.25) is 0 Å². The molecule has 0 radical (unpaired) electrons. The number of hydrogen-bond acceptors (Lipinski definition) is 4. The van der Waals surface area contributed by atoms with E-state index >= 15 is 0 Å². The van der Waals surface area contributed by atoms with Crippen LogP contribution >= 0.6 is 0 Å². The molecule has 1 atom stereocenters. The molecule has 0 saturated heterocycles. The van der Waals surface area contributed by atoms with Crippen molar-refractivity contribution in [3.8, 4) is 0 Å².